The van der Waals surface area contributed by atoms with Crippen LogP contribution in [0.2, 0.25) is 0 Å². The van der Waals surface area contributed by atoms with Crippen LogP contribution in [0.25, 0.3) is 11.2 Å². The molecule has 1 aliphatic heterocycles. The number of carbonyl (C=O) groups excluding carboxylic acids is 2. The van der Waals surface area contributed by atoms with Crippen LogP contribution in [0, 0.1) is 6.92 Å². The third kappa shape index (κ3) is 8.25. The molecule has 0 saturated carbocycles. The van der Waals surface area contributed by atoms with Crippen molar-refractivity contribution in [3.05, 3.63) is 48.0 Å². The highest BCUT2D eigenvalue weighted by Gasteiger charge is 2.54. The number of aryl methyl sites for hydroxylation is 1. The maximum absolute atomic E-state index is 14.1. The van der Waals surface area contributed by atoms with Crippen LogP contribution >= 0.6 is 7.75 Å². The number of nitrogens with one attached hydrogen (secondary N) is 1. The summed E-state index contributed by atoms with van der Waals surface area (Å²) in [6, 6.07) is 7.69. The van der Waals surface area contributed by atoms with Crippen LogP contribution in [0.3, 0.4) is 0 Å². The number of benzene rings is 1. The second kappa shape index (κ2) is 14.9. The predicted octanol–water partition coefficient (Wildman–Crippen LogP) is 2.01. The van der Waals surface area contributed by atoms with E-state index in [1.165, 1.54) is 24.9 Å². The standard InChI is InChI=1S/C29H40N5O11P/c1-7-41-22(35)15-43-46(39,33-20(27(37)44-17(2)3)13-19-11-9-8-10-12-19)42-14-21-24(36)29(5,38)28(45-21)34-16-30-23-25(34)31-18(4)32-26(23)40-6/h8-12,16-17,20-21,24,28,36,38H,7,13-15H2,1-6H3,(H,33,39)/t20-,21-,24?,28-,29+,46?/m1/s1. The van der Waals surface area contributed by atoms with E-state index in [2.05, 4.69) is 20.0 Å². The number of hydrogen-bond donors (Lipinski definition) is 3. The molecular formula is C29H40N5O11P. The van der Waals surface area contributed by atoms with Crippen molar-refractivity contribution in [1.29, 1.82) is 0 Å². The van der Waals surface area contributed by atoms with E-state index in [0.717, 1.165) is 0 Å². The van der Waals surface area contributed by atoms with Crippen molar-refractivity contribution in [2.45, 2.75) is 77.2 Å². The van der Waals surface area contributed by atoms with Gasteiger partial charge in [0.2, 0.25) is 5.88 Å². The highest BCUT2D eigenvalue weighted by Crippen LogP contribution is 2.47. The van der Waals surface area contributed by atoms with E-state index in [9.17, 15) is 24.4 Å². The van der Waals surface area contributed by atoms with Crippen LogP contribution in [-0.4, -0.2) is 98.6 Å². The summed E-state index contributed by atoms with van der Waals surface area (Å²) in [5.74, 6) is -0.971. The molecule has 1 aliphatic rings. The maximum Gasteiger partial charge on any atom is 0.406 e. The Morgan fingerprint density at radius 2 is 1.91 bits per heavy atom. The lowest BCUT2D eigenvalue weighted by Crippen LogP contribution is -2.44. The van der Waals surface area contributed by atoms with Crippen molar-refractivity contribution >= 4 is 30.8 Å². The van der Waals surface area contributed by atoms with Gasteiger partial charge in [-0.1, -0.05) is 30.3 Å². The quantitative estimate of drug-likeness (QED) is 0.157. The van der Waals surface area contributed by atoms with Crippen molar-refractivity contribution in [1.82, 2.24) is 24.6 Å². The minimum Gasteiger partial charge on any atom is -0.479 e. The van der Waals surface area contributed by atoms with Crippen LogP contribution in [0.15, 0.2) is 36.7 Å². The molecule has 4 rings (SSSR count). The smallest absolute Gasteiger partial charge is 0.406 e. The van der Waals surface area contributed by atoms with Gasteiger partial charge < -0.3 is 29.2 Å². The van der Waals surface area contributed by atoms with Gasteiger partial charge in [-0.2, -0.15) is 4.98 Å². The van der Waals surface area contributed by atoms with Crippen LogP contribution in [0.4, 0.5) is 0 Å². The Kier molecular flexibility index (Phi) is 11.5. The summed E-state index contributed by atoms with van der Waals surface area (Å²) in [6.45, 7) is 6.62. The van der Waals surface area contributed by atoms with Gasteiger partial charge in [-0.05, 0) is 46.6 Å². The fraction of sp³-hybridized carbons (Fsp3) is 0.552. The molecule has 1 fully saturated rings. The lowest BCUT2D eigenvalue weighted by Gasteiger charge is -2.27. The van der Waals surface area contributed by atoms with E-state index in [1.54, 1.807) is 58.0 Å². The number of methoxy groups -OCH3 is 1. The molecule has 3 N–H and O–H groups in total. The lowest BCUT2D eigenvalue weighted by molar-refractivity contribution is -0.149. The summed E-state index contributed by atoms with van der Waals surface area (Å²) in [4.78, 5) is 38.1. The Labute approximate surface area is 265 Å². The summed E-state index contributed by atoms with van der Waals surface area (Å²) in [5.41, 5.74) is -0.607. The Bertz CT molecular complexity index is 1550. The molecular weight excluding hydrogens is 625 g/mol. The zero-order chi connectivity index (χ0) is 33.6. The van der Waals surface area contributed by atoms with E-state index in [-0.39, 0.29) is 24.6 Å². The molecule has 1 saturated heterocycles. The molecule has 1 aromatic carbocycles. The van der Waals surface area contributed by atoms with E-state index >= 15 is 0 Å². The van der Waals surface area contributed by atoms with Crippen LogP contribution < -0.4 is 9.82 Å². The van der Waals surface area contributed by atoms with E-state index in [0.29, 0.717) is 16.9 Å². The second-order valence-corrected chi connectivity index (χ2v) is 12.8. The molecule has 3 heterocycles. The number of hydrogen-bond acceptors (Lipinski definition) is 14. The predicted molar refractivity (Wildman–Crippen MR) is 162 cm³/mol. The number of nitrogens with zero attached hydrogens (tertiary/aromatic N) is 4. The minimum absolute atomic E-state index is 0.0420. The molecule has 46 heavy (non-hydrogen) atoms. The van der Waals surface area contributed by atoms with Crippen molar-refractivity contribution < 1.29 is 52.4 Å². The number of carbonyl (C=O) groups is 2. The summed E-state index contributed by atoms with van der Waals surface area (Å²) in [7, 11) is -3.09. The lowest BCUT2D eigenvalue weighted by atomic mass is 9.96. The maximum atomic E-state index is 14.1. The molecule has 0 bridgehead atoms. The number of aliphatic hydroxyl groups excluding tert-OH is 1. The third-order valence-electron chi connectivity index (χ3n) is 7.00. The molecule has 0 radical (unpaired) electrons. The summed E-state index contributed by atoms with van der Waals surface area (Å²) in [5, 5.41) is 25.1. The van der Waals surface area contributed by atoms with Gasteiger partial charge in [0.15, 0.2) is 24.0 Å². The van der Waals surface area contributed by atoms with Gasteiger partial charge >= 0.3 is 19.7 Å². The molecule has 0 amide bonds. The van der Waals surface area contributed by atoms with Gasteiger partial charge in [-0.15, -0.1) is 0 Å². The fourth-order valence-electron chi connectivity index (χ4n) is 4.85. The number of aliphatic hydroxyl groups is 2. The Hall–Kier alpha value is -3.50. The molecule has 252 valence electrons. The number of fused-ring (bicyclic) bond motifs is 1. The first-order chi connectivity index (χ1) is 21.8. The fourth-order valence-corrected chi connectivity index (χ4v) is 6.27. The highest BCUT2D eigenvalue weighted by molar-refractivity contribution is 7.51. The van der Waals surface area contributed by atoms with Gasteiger partial charge in [0.1, 0.15) is 29.7 Å². The molecule has 17 heteroatoms. The van der Waals surface area contributed by atoms with Crippen LogP contribution in [0.1, 0.15) is 45.3 Å². The first kappa shape index (κ1) is 35.4. The first-order valence-corrected chi connectivity index (χ1v) is 16.2. The van der Waals surface area contributed by atoms with Crippen LogP contribution in [0.5, 0.6) is 5.88 Å². The van der Waals surface area contributed by atoms with Crippen molar-refractivity contribution in [3.63, 3.8) is 0 Å². The van der Waals surface area contributed by atoms with Crippen molar-refractivity contribution in [2.24, 2.45) is 0 Å². The van der Waals surface area contributed by atoms with Gasteiger partial charge in [0.25, 0.3) is 0 Å². The zero-order valence-corrected chi connectivity index (χ0v) is 27.4. The number of aromatic nitrogens is 4. The number of imidazole rings is 1. The van der Waals surface area contributed by atoms with Gasteiger partial charge in [0.05, 0.1) is 32.8 Å². The molecule has 6 atom stereocenters. The Balaban J connectivity index is 1.58. The second-order valence-electron chi connectivity index (χ2n) is 11.0. The van der Waals surface area contributed by atoms with Gasteiger partial charge in [-0.25, -0.2) is 24.4 Å². The van der Waals surface area contributed by atoms with E-state index in [4.69, 9.17) is 28.0 Å². The number of esters is 2. The molecule has 2 aromatic heterocycles. The third-order valence-corrected chi connectivity index (χ3v) is 8.59. The largest absolute Gasteiger partial charge is 0.479 e. The molecule has 3 aromatic rings. The Morgan fingerprint density at radius 3 is 2.57 bits per heavy atom. The van der Waals surface area contributed by atoms with Crippen molar-refractivity contribution in [3.8, 4) is 5.88 Å². The van der Waals surface area contributed by atoms with E-state index < -0.39 is 69.1 Å². The Morgan fingerprint density at radius 1 is 1.20 bits per heavy atom. The average molecular weight is 666 g/mol. The topological polar surface area (TPSA) is 203 Å². The average Bonchev–Trinajstić information content (AvgIpc) is 3.51. The highest BCUT2D eigenvalue weighted by atomic mass is 31.2. The number of ether oxygens (including phenoxy) is 4. The van der Waals surface area contributed by atoms with Crippen LogP contribution in [-0.2, 0) is 43.8 Å². The normalized spacial score (nSPS) is 23.3. The zero-order valence-electron chi connectivity index (χ0n) is 26.5. The summed E-state index contributed by atoms with van der Waals surface area (Å²) in [6.07, 6.45) is -3.13. The van der Waals surface area contributed by atoms with Gasteiger partial charge in [-0.3, -0.25) is 18.4 Å². The summed E-state index contributed by atoms with van der Waals surface area (Å²) >= 11 is 0. The van der Waals surface area contributed by atoms with E-state index in [1.807, 2.05) is 0 Å². The van der Waals surface area contributed by atoms with Crippen molar-refractivity contribution in [2.75, 3.05) is 26.9 Å². The molecule has 0 spiro atoms. The minimum atomic E-state index is -4.52. The van der Waals surface area contributed by atoms with Gasteiger partial charge in [0, 0.05) is 0 Å². The monoisotopic (exact) mass is 665 g/mol. The number of rotatable bonds is 15. The molecule has 2 unspecified atom stereocenters. The summed E-state index contributed by atoms with van der Waals surface area (Å²) < 4.78 is 48.2. The SMILES string of the molecule is CCOC(=O)COP(=O)(N[C@H](Cc1ccccc1)C(=O)OC(C)C)OC[C@H]1O[C@@H](n2cnc3c(OC)nc(C)nc32)[C@@](C)(O)C1O. The molecule has 16 nitrogen and oxygen atoms in total. The first-order valence-electron chi connectivity index (χ1n) is 14.7. The molecule has 0 aliphatic carbocycles.